The van der Waals surface area contributed by atoms with E-state index in [1.165, 1.54) is 34.0 Å². The van der Waals surface area contributed by atoms with Gasteiger partial charge < -0.3 is 24.4 Å². The third kappa shape index (κ3) is 6.80. The van der Waals surface area contributed by atoms with Crippen molar-refractivity contribution in [3.63, 3.8) is 0 Å². The fourth-order valence-electron chi connectivity index (χ4n) is 4.97. The smallest absolute Gasteiger partial charge is 0.247 e. The van der Waals surface area contributed by atoms with Crippen molar-refractivity contribution >= 4 is 11.8 Å². The van der Waals surface area contributed by atoms with E-state index in [0.29, 0.717) is 42.5 Å². The van der Waals surface area contributed by atoms with E-state index in [1.807, 2.05) is 0 Å². The van der Waals surface area contributed by atoms with Crippen LogP contribution in [0.1, 0.15) is 37.3 Å². The summed E-state index contributed by atoms with van der Waals surface area (Å²) in [7, 11) is 1.58. The summed E-state index contributed by atoms with van der Waals surface area (Å²) in [6.45, 7) is 1.53. The first-order valence-corrected chi connectivity index (χ1v) is 13.5. The Morgan fingerprint density at radius 2 is 1.77 bits per heavy atom. The van der Waals surface area contributed by atoms with Crippen LogP contribution in [0.5, 0.6) is 5.75 Å². The summed E-state index contributed by atoms with van der Waals surface area (Å²) in [6, 6.07) is 11.8. The number of hydrogen-bond donors (Lipinski definition) is 1. The number of nitrogens with one attached hydrogen (secondary N) is 1. The van der Waals surface area contributed by atoms with Crippen LogP contribution in [0.15, 0.2) is 48.5 Å². The van der Waals surface area contributed by atoms with E-state index < -0.39 is 17.8 Å². The van der Waals surface area contributed by atoms with Gasteiger partial charge in [0.15, 0.2) is 0 Å². The van der Waals surface area contributed by atoms with E-state index in [4.69, 9.17) is 14.2 Å². The zero-order valence-electron chi connectivity index (χ0n) is 22.4. The maximum absolute atomic E-state index is 13.8. The van der Waals surface area contributed by atoms with Crippen molar-refractivity contribution in [3.8, 4) is 17.1 Å². The summed E-state index contributed by atoms with van der Waals surface area (Å²) >= 11 is 0. The number of nitrogens with zero attached hydrogens (tertiary/aromatic N) is 5. The SMILES string of the molecule is COc1ccc(-c2nnn(CC(=O)N(C[C@@H]3CCCO3)[C@@H](C(=O)NC[C@H]3CCCO3)c3ccc(F)cc3)n2)cc1. The van der Waals surface area contributed by atoms with Crippen LogP contribution in [0.3, 0.4) is 0 Å². The molecule has 11 nitrogen and oxygen atoms in total. The fourth-order valence-corrected chi connectivity index (χ4v) is 4.97. The molecule has 3 aromatic rings. The molecule has 2 aliphatic heterocycles. The van der Waals surface area contributed by atoms with Crippen molar-refractivity contribution in [2.75, 3.05) is 33.4 Å². The Balaban J connectivity index is 1.39. The molecule has 5 rings (SSSR count). The van der Waals surface area contributed by atoms with E-state index in [1.54, 1.807) is 31.4 Å². The Bertz CT molecular complexity index is 1270. The lowest BCUT2D eigenvalue weighted by molar-refractivity contribution is -0.143. The zero-order valence-corrected chi connectivity index (χ0v) is 22.4. The van der Waals surface area contributed by atoms with E-state index in [9.17, 15) is 14.0 Å². The first kappa shape index (κ1) is 27.7. The summed E-state index contributed by atoms with van der Waals surface area (Å²) in [4.78, 5) is 30.1. The molecule has 2 aliphatic rings. The molecule has 0 spiro atoms. The normalized spacial score (nSPS) is 19.4. The molecule has 3 atom stereocenters. The summed E-state index contributed by atoms with van der Waals surface area (Å²) in [5, 5.41) is 15.5. The van der Waals surface area contributed by atoms with Crippen molar-refractivity contribution in [2.45, 2.75) is 50.5 Å². The van der Waals surface area contributed by atoms with Crippen molar-refractivity contribution in [1.29, 1.82) is 0 Å². The predicted octanol–water partition coefficient (Wildman–Crippen LogP) is 2.53. The van der Waals surface area contributed by atoms with E-state index in [-0.39, 0.29) is 31.2 Å². The van der Waals surface area contributed by atoms with Gasteiger partial charge in [0.2, 0.25) is 17.6 Å². The third-order valence-corrected chi connectivity index (χ3v) is 7.10. The molecule has 0 aliphatic carbocycles. The molecule has 3 heterocycles. The van der Waals surface area contributed by atoms with E-state index >= 15 is 0 Å². The first-order valence-electron chi connectivity index (χ1n) is 13.5. The highest BCUT2D eigenvalue weighted by atomic mass is 19.1. The van der Waals surface area contributed by atoms with Crippen LogP contribution in [-0.2, 0) is 25.6 Å². The lowest BCUT2D eigenvalue weighted by Crippen LogP contribution is -2.48. The lowest BCUT2D eigenvalue weighted by Gasteiger charge is -2.33. The molecule has 1 aromatic heterocycles. The van der Waals surface area contributed by atoms with Gasteiger partial charge in [-0.05, 0) is 72.9 Å². The molecule has 2 saturated heterocycles. The predicted molar refractivity (Wildman–Crippen MR) is 142 cm³/mol. The average molecular weight is 553 g/mol. The molecule has 0 radical (unpaired) electrons. The molecular weight excluding hydrogens is 519 g/mol. The van der Waals surface area contributed by atoms with Gasteiger partial charge in [-0.15, -0.1) is 10.2 Å². The molecule has 0 unspecified atom stereocenters. The zero-order chi connectivity index (χ0) is 27.9. The third-order valence-electron chi connectivity index (χ3n) is 7.10. The number of benzene rings is 2. The second-order valence-electron chi connectivity index (χ2n) is 9.89. The lowest BCUT2D eigenvalue weighted by atomic mass is 10.0. The Labute approximate surface area is 231 Å². The molecule has 12 heteroatoms. The van der Waals surface area contributed by atoms with Gasteiger partial charge in [0.25, 0.3) is 0 Å². The molecule has 40 heavy (non-hydrogen) atoms. The highest BCUT2D eigenvalue weighted by Gasteiger charge is 2.35. The first-order chi connectivity index (χ1) is 19.5. The van der Waals surface area contributed by atoms with Gasteiger partial charge in [-0.2, -0.15) is 4.80 Å². The van der Waals surface area contributed by atoms with E-state index in [2.05, 4.69) is 20.7 Å². The topological polar surface area (TPSA) is 121 Å². The minimum Gasteiger partial charge on any atom is -0.497 e. The average Bonchev–Trinajstić information content (AvgIpc) is 3.76. The molecule has 1 N–H and O–H groups in total. The second-order valence-corrected chi connectivity index (χ2v) is 9.89. The maximum atomic E-state index is 13.8. The van der Waals surface area contributed by atoms with Crippen LogP contribution < -0.4 is 10.1 Å². The van der Waals surface area contributed by atoms with Crippen LogP contribution in [0.25, 0.3) is 11.4 Å². The molecule has 2 aromatic carbocycles. The van der Waals surface area contributed by atoms with Gasteiger partial charge >= 0.3 is 0 Å². The monoisotopic (exact) mass is 552 g/mol. The van der Waals surface area contributed by atoms with Crippen molar-refractivity contribution in [2.24, 2.45) is 0 Å². The number of amides is 2. The fraction of sp³-hybridized carbons (Fsp3) is 0.464. The number of methoxy groups -OCH3 is 1. The van der Waals surface area contributed by atoms with Gasteiger partial charge in [0.1, 0.15) is 24.2 Å². The molecule has 2 amide bonds. The number of halogens is 1. The minimum atomic E-state index is -1.01. The maximum Gasteiger partial charge on any atom is 0.247 e. The summed E-state index contributed by atoms with van der Waals surface area (Å²) in [5.41, 5.74) is 1.21. The van der Waals surface area contributed by atoms with Gasteiger partial charge in [0.05, 0.1) is 19.3 Å². The molecule has 2 fully saturated rings. The van der Waals surface area contributed by atoms with Crippen LogP contribution >= 0.6 is 0 Å². The van der Waals surface area contributed by atoms with Crippen LogP contribution in [-0.4, -0.2) is 82.5 Å². The highest BCUT2D eigenvalue weighted by molar-refractivity contribution is 5.88. The number of aromatic nitrogens is 4. The number of hydrogen-bond acceptors (Lipinski definition) is 8. The van der Waals surface area contributed by atoms with Gasteiger partial charge in [0, 0.05) is 31.9 Å². The number of tetrazole rings is 1. The number of rotatable bonds is 11. The summed E-state index contributed by atoms with van der Waals surface area (Å²) < 4.78 is 30.5. The number of carbonyl (C=O) groups excluding carboxylic acids is 2. The quantitative estimate of drug-likeness (QED) is 0.385. The summed E-state index contributed by atoms with van der Waals surface area (Å²) in [6.07, 6.45) is 3.13. The largest absolute Gasteiger partial charge is 0.497 e. The Morgan fingerprint density at radius 1 is 1.07 bits per heavy atom. The Morgan fingerprint density at radius 3 is 2.42 bits per heavy atom. The van der Waals surface area contributed by atoms with Crippen LogP contribution in [0.2, 0.25) is 0 Å². The Hall–Kier alpha value is -3.90. The minimum absolute atomic E-state index is 0.0733. The van der Waals surface area contributed by atoms with Gasteiger partial charge in [-0.25, -0.2) is 4.39 Å². The molecule has 212 valence electrons. The van der Waals surface area contributed by atoms with Crippen molar-refractivity contribution in [3.05, 3.63) is 59.9 Å². The van der Waals surface area contributed by atoms with Crippen LogP contribution in [0.4, 0.5) is 4.39 Å². The van der Waals surface area contributed by atoms with Crippen molar-refractivity contribution < 1.29 is 28.2 Å². The molecular formula is C28H33FN6O5. The highest BCUT2D eigenvalue weighted by Crippen LogP contribution is 2.26. The number of ether oxygens (including phenoxy) is 3. The van der Waals surface area contributed by atoms with Gasteiger partial charge in [-0.3, -0.25) is 9.59 Å². The van der Waals surface area contributed by atoms with E-state index in [0.717, 1.165) is 25.7 Å². The van der Waals surface area contributed by atoms with Crippen LogP contribution in [0, 0.1) is 5.82 Å². The molecule has 0 bridgehead atoms. The van der Waals surface area contributed by atoms with Gasteiger partial charge in [-0.1, -0.05) is 12.1 Å². The van der Waals surface area contributed by atoms with Crippen molar-refractivity contribution in [1.82, 2.24) is 30.4 Å². The number of carbonyl (C=O) groups is 2. The Kier molecular flexibility index (Phi) is 8.97. The molecule has 0 saturated carbocycles. The summed E-state index contributed by atoms with van der Waals surface area (Å²) in [5.74, 6) is -0.155. The standard InChI is InChI=1S/C28H33FN6O5/c1-38-22-12-8-20(9-13-22)27-31-33-35(32-27)18-25(36)34(17-24-5-3-15-40-24)26(19-6-10-21(29)11-7-19)28(37)30-16-23-4-2-14-39-23/h6-13,23-24,26H,2-5,14-18H2,1H3,(H,30,37)/t23-,24+,26-/m1/s1. The second kappa shape index (κ2) is 13.0.